The van der Waals surface area contributed by atoms with E-state index in [4.69, 9.17) is 23.2 Å². The van der Waals surface area contributed by atoms with Crippen molar-refractivity contribution in [2.24, 2.45) is 5.92 Å². The molecule has 1 aromatic rings. The summed E-state index contributed by atoms with van der Waals surface area (Å²) in [5, 5.41) is 7.83. The minimum absolute atomic E-state index is 0.472. The van der Waals surface area contributed by atoms with E-state index in [0.717, 1.165) is 24.7 Å². The van der Waals surface area contributed by atoms with Crippen LogP contribution in [0.4, 0.5) is 11.6 Å². The molecule has 0 aromatic carbocycles. The number of nitrogens with zero attached hydrogens (tertiary/aromatic N) is 1. The SMILES string of the molecule is CCCNc1nc(NC2CCC(C)C2)c(Cl)cc1Cl. The summed E-state index contributed by atoms with van der Waals surface area (Å²) in [5.74, 6) is 2.23. The van der Waals surface area contributed by atoms with Gasteiger partial charge in [0.05, 0.1) is 10.0 Å². The first-order valence-electron chi connectivity index (χ1n) is 6.96. The molecule has 0 radical (unpaired) electrons. The van der Waals surface area contributed by atoms with E-state index in [2.05, 4.69) is 29.5 Å². The zero-order valence-electron chi connectivity index (χ0n) is 11.5. The van der Waals surface area contributed by atoms with E-state index < -0.39 is 0 Å². The molecular formula is C14H21Cl2N3. The highest BCUT2D eigenvalue weighted by Gasteiger charge is 2.22. The number of pyridine rings is 1. The van der Waals surface area contributed by atoms with Crippen LogP contribution in [0.1, 0.15) is 39.5 Å². The van der Waals surface area contributed by atoms with E-state index in [1.807, 2.05) is 0 Å². The fourth-order valence-electron chi connectivity index (χ4n) is 2.47. The Morgan fingerprint density at radius 2 is 2.00 bits per heavy atom. The lowest BCUT2D eigenvalue weighted by Gasteiger charge is -2.16. The second kappa shape index (κ2) is 6.67. The summed E-state index contributed by atoms with van der Waals surface area (Å²) in [5.41, 5.74) is 0. The van der Waals surface area contributed by atoms with Gasteiger partial charge in [0.1, 0.15) is 11.6 Å². The highest BCUT2D eigenvalue weighted by molar-refractivity contribution is 6.37. The third-order valence-electron chi connectivity index (χ3n) is 3.51. The van der Waals surface area contributed by atoms with Crippen LogP contribution in [0.5, 0.6) is 0 Å². The Morgan fingerprint density at radius 1 is 1.26 bits per heavy atom. The van der Waals surface area contributed by atoms with Crippen molar-refractivity contribution in [2.45, 2.75) is 45.6 Å². The maximum Gasteiger partial charge on any atom is 0.147 e. The lowest BCUT2D eigenvalue weighted by Crippen LogP contribution is -2.17. The normalized spacial score (nSPS) is 22.5. The molecule has 2 atom stereocenters. The van der Waals surface area contributed by atoms with Crippen molar-refractivity contribution in [1.82, 2.24) is 4.98 Å². The van der Waals surface area contributed by atoms with Crippen molar-refractivity contribution in [2.75, 3.05) is 17.2 Å². The van der Waals surface area contributed by atoms with Crippen LogP contribution >= 0.6 is 23.2 Å². The van der Waals surface area contributed by atoms with E-state index >= 15 is 0 Å². The molecule has 2 unspecified atom stereocenters. The van der Waals surface area contributed by atoms with Crippen molar-refractivity contribution in [3.63, 3.8) is 0 Å². The van der Waals surface area contributed by atoms with Gasteiger partial charge in [0.15, 0.2) is 0 Å². The number of anilines is 2. The highest BCUT2D eigenvalue weighted by atomic mass is 35.5. The van der Waals surface area contributed by atoms with Gasteiger partial charge in [-0.15, -0.1) is 0 Å². The number of nitrogens with one attached hydrogen (secondary N) is 2. The minimum atomic E-state index is 0.472. The van der Waals surface area contributed by atoms with Crippen LogP contribution in [0.2, 0.25) is 10.0 Å². The molecule has 1 fully saturated rings. The smallest absolute Gasteiger partial charge is 0.147 e. The molecule has 0 bridgehead atoms. The average molecular weight is 302 g/mol. The molecule has 2 N–H and O–H groups in total. The first kappa shape index (κ1) is 14.7. The maximum atomic E-state index is 6.21. The first-order chi connectivity index (χ1) is 9.10. The fraction of sp³-hybridized carbons (Fsp3) is 0.643. The molecule has 3 nitrogen and oxygen atoms in total. The summed E-state index contributed by atoms with van der Waals surface area (Å²) in [6.45, 7) is 5.25. The molecule has 1 saturated carbocycles. The maximum absolute atomic E-state index is 6.21. The Morgan fingerprint density at radius 3 is 2.63 bits per heavy atom. The highest BCUT2D eigenvalue weighted by Crippen LogP contribution is 2.32. The summed E-state index contributed by atoms with van der Waals surface area (Å²) in [6.07, 6.45) is 4.66. The summed E-state index contributed by atoms with van der Waals surface area (Å²) in [4.78, 5) is 4.51. The van der Waals surface area contributed by atoms with Crippen LogP contribution in [0.25, 0.3) is 0 Å². The van der Waals surface area contributed by atoms with Crippen LogP contribution in [0, 0.1) is 5.92 Å². The van der Waals surface area contributed by atoms with Gasteiger partial charge < -0.3 is 10.6 Å². The molecule has 1 aliphatic rings. The molecule has 0 aliphatic heterocycles. The minimum Gasteiger partial charge on any atom is -0.369 e. The van der Waals surface area contributed by atoms with Crippen molar-refractivity contribution < 1.29 is 0 Å². The standard InChI is InChI=1S/C14H21Cl2N3/c1-3-6-17-13-11(15)8-12(16)14(19-13)18-10-5-4-9(2)7-10/h8-10H,3-7H2,1-2H3,(H2,17,18,19). The zero-order chi connectivity index (χ0) is 13.8. The van der Waals surface area contributed by atoms with E-state index in [0.29, 0.717) is 21.9 Å². The molecule has 106 valence electrons. The van der Waals surface area contributed by atoms with Crippen molar-refractivity contribution in [1.29, 1.82) is 0 Å². The van der Waals surface area contributed by atoms with Gasteiger partial charge >= 0.3 is 0 Å². The monoisotopic (exact) mass is 301 g/mol. The van der Waals surface area contributed by atoms with Crippen LogP contribution in [-0.2, 0) is 0 Å². The Labute approximate surface area is 125 Å². The largest absolute Gasteiger partial charge is 0.369 e. The van der Waals surface area contributed by atoms with Crippen molar-refractivity contribution in [3.8, 4) is 0 Å². The van der Waals surface area contributed by atoms with E-state index in [1.54, 1.807) is 6.07 Å². The molecule has 0 spiro atoms. The molecular weight excluding hydrogens is 281 g/mol. The Hall–Kier alpha value is -0.670. The van der Waals surface area contributed by atoms with E-state index in [1.165, 1.54) is 19.3 Å². The lowest BCUT2D eigenvalue weighted by atomic mass is 10.1. The molecule has 1 aliphatic carbocycles. The van der Waals surface area contributed by atoms with Gasteiger partial charge in [-0.05, 0) is 37.7 Å². The van der Waals surface area contributed by atoms with Crippen LogP contribution < -0.4 is 10.6 Å². The van der Waals surface area contributed by atoms with Gasteiger partial charge in [0, 0.05) is 12.6 Å². The second-order valence-corrected chi connectivity index (χ2v) is 6.15. The molecule has 2 rings (SSSR count). The van der Waals surface area contributed by atoms with Crippen LogP contribution in [0.15, 0.2) is 6.07 Å². The molecule has 19 heavy (non-hydrogen) atoms. The molecule has 0 amide bonds. The third-order valence-corrected chi connectivity index (χ3v) is 4.08. The summed E-state index contributed by atoms with van der Waals surface area (Å²) >= 11 is 12.4. The van der Waals surface area contributed by atoms with E-state index in [9.17, 15) is 0 Å². The third kappa shape index (κ3) is 3.90. The molecule has 1 heterocycles. The predicted octanol–water partition coefficient (Wildman–Crippen LogP) is 4.81. The van der Waals surface area contributed by atoms with Gasteiger partial charge in [-0.2, -0.15) is 0 Å². The van der Waals surface area contributed by atoms with Gasteiger partial charge in [-0.3, -0.25) is 0 Å². The molecule has 0 saturated heterocycles. The first-order valence-corrected chi connectivity index (χ1v) is 7.72. The summed E-state index contributed by atoms with van der Waals surface area (Å²) < 4.78 is 0. The number of aromatic nitrogens is 1. The molecule has 1 aromatic heterocycles. The topological polar surface area (TPSA) is 37.0 Å². The Kier molecular flexibility index (Phi) is 5.17. The van der Waals surface area contributed by atoms with Gasteiger partial charge in [-0.1, -0.05) is 37.0 Å². The fourth-order valence-corrected chi connectivity index (χ4v) is 2.95. The van der Waals surface area contributed by atoms with Crippen LogP contribution in [0.3, 0.4) is 0 Å². The lowest BCUT2D eigenvalue weighted by molar-refractivity contribution is 0.602. The van der Waals surface area contributed by atoms with Crippen molar-refractivity contribution >= 4 is 34.8 Å². The van der Waals surface area contributed by atoms with E-state index in [-0.39, 0.29) is 0 Å². The number of hydrogen-bond acceptors (Lipinski definition) is 3. The Bertz CT molecular complexity index is 437. The predicted molar refractivity (Wildman–Crippen MR) is 83.5 cm³/mol. The number of halogens is 2. The quantitative estimate of drug-likeness (QED) is 0.819. The summed E-state index contributed by atoms with van der Waals surface area (Å²) in [6, 6.07) is 2.23. The second-order valence-electron chi connectivity index (χ2n) is 5.34. The van der Waals surface area contributed by atoms with Gasteiger partial charge in [-0.25, -0.2) is 4.98 Å². The molecule has 5 heteroatoms. The summed E-state index contributed by atoms with van der Waals surface area (Å²) in [7, 11) is 0. The number of rotatable bonds is 5. The van der Waals surface area contributed by atoms with Crippen molar-refractivity contribution in [3.05, 3.63) is 16.1 Å². The average Bonchev–Trinajstić information content (AvgIpc) is 2.77. The van der Waals surface area contributed by atoms with Crippen LogP contribution in [-0.4, -0.2) is 17.6 Å². The Balaban J connectivity index is 2.10. The van der Waals surface area contributed by atoms with Gasteiger partial charge in [0.25, 0.3) is 0 Å². The zero-order valence-corrected chi connectivity index (χ0v) is 13.0. The number of hydrogen-bond donors (Lipinski definition) is 2. The van der Waals surface area contributed by atoms with Gasteiger partial charge in [0.2, 0.25) is 0 Å².